The number of esters is 1. The predicted molar refractivity (Wildman–Crippen MR) is 92.3 cm³/mol. The molecule has 1 atom stereocenters. The summed E-state index contributed by atoms with van der Waals surface area (Å²) in [7, 11) is 0. The highest BCUT2D eigenvalue weighted by Gasteiger charge is 2.30. The van der Waals surface area contributed by atoms with Crippen molar-refractivity contribution >= 4 is 40.8 Å². The Bertz CT molecular complexity index is 265. The standard InChI is InChI=1S/C16H29Cl3O2/c1-3-5-6-7-8-9-10-11-12-14(13-16(17,18)19)15(20)21-4-2/h14H,3-13H2,1-2H3. The molecule has 126 valence electrons. The molecule has 0 amide bonds. The van der Waals surface area contributed by atoms with Crippen LogP contribution in [-0.2, 0) is 9.53 Å². The van der Waals surface area contributed by atoms with E-state index >= 15 is 0 Å². The molecule has 0 saturated heterocycles. The fraction of sp³-hybridized carbons (Fsp3) is 0.938. The molecule has 0 heterocycles. The third-order valence-corrected chi connectivity index (χ3v) is 3.97. The second-order valence-corrected chi connectivity index (χ2v) is 8.05. The summed E-state index contributed by atoms with van der Waals surface area (Å²) >= 11 is 17.4. The Balaban J connectivity index is 3.88. The zero-order chi connectivity index (χ0) is 16.1. The molecule has 0 saturated carbocycles. The Hall–Kier alpha value is 0.340. The Kier molecular flexibility index (Phi) is 13.0. The molecule has 0 fully saturated rings. The summed E-state index contributed by atoms with van der Waals surface area (Å²) in [5.74, 6) is -0.552. The highest BCUT2D eigenvalue weighted by Crippen LogP contribution is 2.35. The van der Waals surface area contributed by atoms with Gasteiger partial charge in [0, 0.05) is 6.42 Å². The van der Waals surface area contributed by atoms with E-state index in [2.05, 4.69) is 6.92 Å². The summed E-state index contributed by atoms with van der Waals surface area (Å²) in [6, 6.07) is 0. The average molecular weight is 360 g/mol. The fourth-order valence-corrected chi connectivity index (χ4v) is 2.93. The van der Waals surface area contributed by atoms with Gasteiger partial charge in [-0.1, -0.05) is 93.1 Å². The number of hydrogen-bond acceptors (Lipinski definition) is 2. The maximum Gasteiger partial charge on any atom is 0.309 e. The molecule has 0 aliphatic rings. The monoisotopic (exact) mass is 358 g/mol. The first-order valence-corrected chi connectivity index (χ1v) is 9.27. The molecule has 21 heavy (non-hydrogen) atoms. The molecular formula is C16H29Cl3O2. The lowest BCUT2D eigenvalue weighted by atomic mass is 9.97. The SMILES string of the molecule is CCCCCCCCCCC(CC(Cl)(Cl)Cl)C(=O)OCC. The van der Waals surface area contributed by atoms with E-state index in [1.54, 1.807) is 6.92 Å². The van der Waals surface area contributed by atoms with Gasteiger partial charge in [-0.05, 0) is 13.3 Å². The molecule has 0 radical (unpaired) electrons. The minimum Gasteiger partial charge on any atom is -0.466 e. The van der Waals surface area contributed by atoms with E-state index in [-0.39, 0.29) is 18.3 Å². The minimum absolute atomic E-state index is 0.229. The van der Waals surface area contributed by atoms with Crippen LogP contribution in [0.4, 0.5) is 0 Å². The van der Waals surface area contributed by atoms with Gasteiger partial charge in [0.25, 0.3) is 0 Å². The molecule has 5 heteroatoms. The first kappa shape index (κ1) is 21.3. The normalized spacial score (nSPS) is 13.2. The van der Waals surface area contributed by atoms with Crippen LogP contribution in [0.3, 0.4) is 0 Å². The molecule has 1 unspecified atom stereocenters. The number of unbranched alkanes of at least 4 members (excludes halogenated alkanes) is 7. The number of carbonyl (C=O) groups excluding carboxylic acids is 1. The molecule has 2 nitrogen and oxygen atoms in total. The van der Waals surface area contributed by atoms with Gasteiger partial charge < -0.3 is 4.74 Å². The summed E-state index contributed by atoms with van der Waals surface area (Å²) in [6.45, 7) is 4.38. The molecule has 0 aromatic carbocycles. The van der Waals surface area contributed by atoms with Crippen molar-refractivity contribution in [2.75, 3.05) is 6.61 Å². The van der Waals surface area contributed by atoms with Gasteiger partial charge in [0.15, 0.2) is 3.79 Å². The quantitative estimate of drug-likeness (QED) is 0.227. The second-order valence-electron chi connectivity index (χ2n) is 5.53. The first-order valence-electron chi connectivity index (χ1n) is 8.14. The summed E-state index contributed by atoms with van der Waals surface area (Å²) in [5, 5.41) is 0. The molecule has 0 rings (SSSR count). The fourth-order valence-electron chi connectivity index (χ4n) is 2.37. The van der Waals surface area contributed by atoms with Gasteiger partial charge >= 0.3 is 5.97 Å². The molecule has 0 N–H and O–H groups in total. The highest BCUT2D eigenvalue weighted by atomic mass is 35.6. The molecule has 0 aromatic rings. The van der Waals surface area contributed by atoms with Crippen LogP contribution in [0.5, 0.6) is 0 Å². The summed E-state index contributed by atoms with van der Waals surface area (Å²) in [5.41, 5.74) is 0. The van der Waals surface area contributed by atoms with E-state index in [0.717, 1.165) is 19.3 Å². The van der Waals surface area contributed by atoms with E-state index in [0.29, 0.717) is 6.61 Å². The lowest BCUT2D eigenvalue weighted by molar-refractivity contribution is -0.148. The van der Waals surface area contributed by atoms with Gasteiger partial charge in [0.2, 0.25) is 0 Å². The maximum atomic E-state index is 11.9. The van der Waals surface area contributed by atoms with E-state index in [4.69, 9.17) is 39.5 Å². The number of carbonyl (C=O) groups is 1. The maximum absolute atomic E-state index is 11.9. The van der Waals surface area contributed by atoms with Crippen molar-refractivity contribution in [3.63, 3.8) is 0 Å². The lowest BCUT2D eigenvalue weighted by Gasteiger charge is -2.19. The molecule has 0 spiro atoms. The Morgan fingerprint density at radius 2 is 1.48 bits per heavy atom. The smallest absolute Gasteiger partial charge is 0.309 e. The summed E-state index contributed by atoms with van der Waals surface area (Å²) in [6.07, 6.45) is 10.8. The number of alkyl halides is 3. The second kappa shape index (κ2) is 12.8. The number of hydrogen-bond donors (Lipinski definition) is 0. The summed E-state index contributed by atoms with van der Waals surface area (Å²) in [4.78, 5) is 11.9. The number of ether oxygens (including phenoxy) is 1. The van der Waals surface area contributed by atoms with Crippen LogP contribution in [0, 0.1) is 5.92 Å². The Morgan fingerprint density at radius 3 is 1.95 bits per heavy atom. The van der Waals surface area contributed by atoms with Crippen molar-refractivity contribution in [2.24, 2.45) is 5.92 Å². The van der Waals surface area contributed by atoms with E-state index in [9.17, 15) is 4.79 Å². The molecule has 0 bridgehead atoms. The van der Waals surface area contributed by atoms with Crippen LogP contribution < -0.4 is 0 Å². The topological polar surface area (TPSA) is 26.3 Å². The van der Waals surface area contributed by atoms with Gasteiger partial charge in [-0.2, -0.15) is 0 Å². The van der Waals surface area contributed by atoms with Gasteiger partial charge in [0.1, 0.15) is 0 Å². The molecule has 0 aliphatic carbocycles. The highest BCUT2D eigenvalue weighted by molar-refractivity contribution is 6.67. The van der Waals surface area contributed by atoms with Crippen LogP contribution in [-0.4, -0.2) is 16.4 Å². The van der Waals surface area contributed by atoms with Gasteiger partial charge in [-0.25, -0.2) is 0 Å². The molecule has 0 aromatic heterocycles. The van der Waals surface area contributed by atoms with E-state index in [1.807, 2.05) is 0 Å². The van der Waals surface area contributed by atoms with Crippen LogP contribution >= 0.6 is 34.8 Å². The van der Waals surface area contributed by atoms with E-state index in [1.165, 1.54) is 38.5 Å². The first-order chi connectivity index (χ1) is 9.90. The molecule has 0 aliphatic heterocycles. The van der Waals surface area contributed by atoms with Gasteiger partial charge in [0.05, 0.1) is 12.5 Å². The van der Waals surface area contributed by atoms with Crippen LogP contribution in [0.25, 0.3) is 0 Å². The van der Waals surface area contributed by atoms with Crippen molar-refractivity contribution in [1.82, 2.24) is 0 Å². The van der Waals surface area contributed by atoms with Crippen molar-refractivity contribution in [3.05, 3.63) is 0 Å². The van der Waals surface area contributed by atoms with Crippen molar-refractivity contribution in [3.8, 4) is 0 Å². The third-order valence-electron chi connectivity index (χ3n) is 3.50. The van der Waals surface area contributed by atoms with Crippen molar-refractivity contribution in [1.29, 1.82) is 0 Å². The minimum atomic E-state index is -1.39. The third kappa shape index (κ3) is 13.7. The molecular weight excluding hydrogens is 331 g/mol. The van der Waals surface area contributed by atoms with Crippen LogP contribution in [0.15, 0.2) is 0 Å². The van der Waals surface area contributed by atoms with E-state index < -0.39 is 3.79 Å². The largest absolute Gasteiger partial charge is 0.466 e. The predicted octanol–water partition coefficient (Wildman–Crippen LogP) is 6.46. The van der Waals surface area contributed by atoms with Crippen LogP contribution in [0.2, 0.25) is 0 Å². The lowest BCUT2D eigenvalue weighted by Crippen LogP contribution is -2.23. The van der Waals surface area contributed by atoms with Crippen molar-refractivity contribution in [2.45, 2.75) is 81.8 Å². The Morgan fingerprint density at radius 1 is 0.952 bits per heavy atom. The average Bonchev–Trinajstić information content (AvgIpc) is 2.39. The zero-order valence-electron chi connectivity index (χ0n) is 13.3. The Labute approximate surface area is 144 Å². The number of rotatable bonds is 12. The van der Waals surface area contributed by atoms with Crippen molar-refractivity contribution < 1.29 is 9.53 Å². The zero-order valence-corrected chi connectivity index (χ0v) is 15.6. The van der Waals surface area contributed by atoms with Gasteiger partial charge in [-0.15, -0.1) is 0 Å². The van der Waals surface area contributed by atoms with Crippen LogP contribution in [0.1, 0.15) is 78.1 Å². The number of halogens is 3. The van der Waals surface area contributed by atoms with Gasteiger partial charge in [-0.3, -0.25) is 4.79 Å². The summed E-state index contributed by atoms with van der Waals surface area (Å²) < 4.78 is 3.67.